The minimum atomic E-state index is 1.00. The molecule has 2 heteroatoms. The van der Waals surface area contributed by atoms with Crippen molar-refractivity contribution in [3.8, 4) is 0 Å². The molecule has 0 saturated carbocycles. The van der Waals surface area contributed by atoms with Crippen LogP contribution in [-0.2, 0) is 0 Å². The Morgan fingerprint density at radius 3 is 1.55 bits per heavy atom. The first-order chi connectivity index (χ1) is 9.93. The number of aromatic nitrogens is 2. The molecule has 0 fully saturated rings. The Balaban J connectivity index is 2.32. The van der Waals surface area contributed by atoms with Gasteiger partial charge in [0.1, 0.15) is 0 Å². The summed E-state index contributed by atoms with van der Waals surface area (Å²) in [7, 11) is 0. The van der Waals surface area contributed by atoms with E-state index in [0.29, 0.717) is 0 Å². The first kappa shape index (κ1) is 10.1. The molecule has 0 radical (unpaired) electrons. The van der Waals surface area contributed by atoms with Crippen LogP contribution in [0.15, 0.2) is 60.9 Å². The molecule has 0 spiro atoms. The van der Waals surface area contributed by atoms with Crippen molar-refractivity contribution in [2.75, 3.05) is 0 Å². The fourth-order valence-corrected chi connectivity index (χ4v) is 3.27. The summed E-state index contributed by atoms with van der Waals surface area (Å²) in [5, 5.41) is 7.40. The molecular formula is C18H10N2. The topological polar surface area (TPSA) is 25.8 Å². The molecule has 2 heterocycles. The van der Waals surface area contributed by atoms with Gasteiger partial charge in [0.25, 0.3) is 0 Å². The van der Waals surface area contributed by atoms with E-state index in [1.165, 1.54) is 32.3 Å². The summed E-state index contributed by atoms with van der Waals surface area (Å²) in [6.07, 6.45) is 3.74. The second kappa shape index (κ2) is 3.42. The number of nitrogens with zero attached hydrogens (tertiary/aromatic N) is 2. The summed E-state index contributed by atoms with van der Waals surface area (Å²) in [4.78, 5) is 9.20. The van der Waals surface area contributed by atoms with Crippen molar-refractivity contribution in [1.82, 2.24) is 9.97 Å². The molecule has 0 aliphatic heterocycles. The van der Waals surface area contributed by atoms with E-state index in [9.17, 15) is 0 Å². The quantitative estimate of drug-likeness (QED) is 0.300. The number of rotatable bonds is 0. The largest absolute Gasteiger partial charge is 0.254 e. The van der Waals surface area contributed by atoms with E-state index in [-0.39, 0.29) is 0 Å². The summed E-state index contributed by atoms with van der Waals surface area (Å²) >= 11 is 0. The van der Waals surface area contributed by atoms with Gasteiger partial charge in [-0.3, -0.25) is 9.97 Å². The molecule has 3 aromatic carbocycles. The number of benzene rings is 3. The number of hydrogen-bond acceptors (Lipinski definition) is 2. The van der Waals surface area contributed by atoms with Gasteiger partial charge in [-0.05, 0) is 33.7 Å². The molecule has 92 valence electrons. The van der Waals surface area contributed by atoms with Crippen LogP contribution in [0.1, 0.15) is 0 Å². The zero-order valence-corrected chi connectivity index (χ0v) is 10.7. The molecule has 2 nitrogen and oxygen atoms in total. The maximum atomic E-state index is 4.60. The van der Waals surface area contributed by atoms with Crippen molar-refractivity contribution in [3.05, 3.63) is 60.9 Å². The molecule has 20 heavy (non-hydrogen) atoms. The normalized spacial score (nSPS) is 12.0. The third-order valence-electron chi connectivity index (χ3n) is 4.10. The van der Waals surface area contributed by atoms with Gasteiger partial charge in [-0.15, -0.1) is 0 Å². The van der Waals surface area contributed by atoms with Gasteiger partial charge in [0.05, 0.1) is 11.0 Å². The summed E-state index contributed by atoms with van der Waals surface area (Å²) < 4.78 is 0. The second-order valence-electron chi connectivity index (χ2n) is 5.13. The lowest BCUT2D eigenvalue weighted by molar-refractivity contribution is 1.39. The lowest BCUT2D eigenvalue weighted by Crippen LogP contribution is -1.90. The average Bonchev–Trinajstić information content (AvgIpc) is 2.52. The van der Waals surface area contributed by atoms with Crippen molar-refractivity contribution >= 4 is 43.4 Å². The van der Waals surface area contributed by atoms with E-state index < -0.39 is 0 Å². The lowest BCUT2D eigenvalue weighted by Gasteiger charge is -2.12. The van der Waals surface area contributed by atoms with Crippen molar-refractivity contribution < 1.29 is 0 Å². The van der Waals surface area contributed by atoms with Crippen LogP contribution in [-0.4, -0.2) is 9.97 Å². The summed E-state index contributed by atoms with van der Waals surface area (Å²) in [6.45, 7) is 0. The molecule has 2 aromatic heterocycles. The van der Waals surface area contributed by atoms with Crippen LogP contribution in [0.25, 0.3) is 43.4 Å². The molecule has 5 aromatic rings. The van der Waals surface area contributed by atoms with Crippen molar-refractivity contribution in [3.63, 3.8) is 0 Å². The van der Waals surface area contributed by atoms with Crippen LogP contribution < -0.4 is 0 Å². The number of pyridine rings is 2. The Morgan fingerprint density at radius 1 is 0.550 bits per heavy atom. The highest BCUT2D eigenvalue weighted by molar-refractivity contribution is 6.30. The third kappa shape index (κ3) is 1.09. The van der Waals surface area contributed by atoms with Crippen LogP contribution in [0, 0.1) is 0 Å². The highest BCUT2D eigenvalue weighted by Gasteiger charge is 2.13. The van der Waals surface area contributed by atoms with Crippen LogP contribution >= 0.6 is 0 Å². The van der Waals surface area contributed by atoms with Crippen LogP contribution in [0.4, 0.5) is 0 Å². The Labute approximate surface area is 115 Å². The molecule has 0 saturated heterocycles. The van der Waals surface area contributed by atoms with Crippen molar-refractivity contribution in [2.45, 2.75) is 0 Å². The van der Waals surface area contributed by atoms with Gasteiger partial charge in [-0.25, -0.2) is 0 Å². The predicted octanol–water partition coefficient (Wildman–Crippen LogP) is 4.53. The number of hydrogen-bond donors (Lipinski definition) is 0. The van der Waals surface area contributed by atoms with Gasteiger partial charge in [0.15, 0.2) is 0 Å². The summed E-state index contributed by atoms with van der Waals surface area (Å²) in [6, 6.07) is 17.0. The Bertz CT molecular complexity index is 926. The van der Waals surface area contributed by atoms with Crippen molar-refractivity contribution in [2.24, 2.45) is 0 Å². The minimum Gasteiger partial charge on any atom is -0.254 e. The van der Waals surface area contributed by atoms with E-state index >= 15 is 0 Å². The molecule has 0 aliphatic carbocycles. The van der Waals surface area contributed by atoms with Gasteiger partial charge < -0.3 is 0 Å². The molecule has 0 N–H and O–H groups in total. The van der Waals surface area contributed by atoms with Crippen LogP contribution in [0.5, 0.6) is 0 Å². The van der Waals surface area contributed by atoms with Gasteiger partial charge in [-0.1, -0.05) is 36.4 Å². The molecule has 0 aliphatic rings. The average molecular weight is 254 g/mol. The Hall–Kier alpha value is -2.74. The zero-order chi connectivity index (χ0) is 13.1. The third-order valence-corrected chi connectivity index (χ3v) is 4.10. The van der Waals surface area contributed by atoms with Gasteiger partial charge in [0.2, 0.25) is 0 Å². The summed E-state index contributed by atoms with van der Waals surface area (Å²) in [5.74, 6) is 0. The van der Waals surface area contributed by atoms with E-state index in [4.69, 9.17) is 0 Å². The highest BCUT2D eigenvalue weighted by Crippen LogP contribution is 2.37. The SMILES string of the molecule is c1cc2ccnc3c4nccc5cccc(c(c1)c23)c54. The molecule has 0 bridgehead atoms. The standard InChI is InChI=1S/C18H10N2/c1-3-11-7-9-19-17-15(11)13(5-1)14-6-2-4-12-8-10-20-18(17)16(12)14/h1-10H. The molecule has 0 amide bonds. The lowest BCUT2D eigenvalue weighted by atomic mass is 9.95. The monoisotopic (exact) mass is 254 g/mol. The van der Waals surface area contributed by atoms with E-state index in [1.807, 2.05) is 12.4 Å². The van der Waals surface area contributed by atoms with E-state index in [0.717, 1.165) is 11.0 Å². The van der Waals surface area contributed by atoms with Crippen LogP contribution in [0.2, 0.25) is 0 Å². The molecule has 5 rings (SSSR count). The second-order valence-corrected chi connectivity index (χ2v) is 5.13. The first-order valence-corrected chi connectivity index (χ1v) is 6.70. The zero-order valence-electron chi connectivity index (χ0n) is 10.7. The van der Waals surface area contributed by atoms with E-state index in [2.05, 4.69) is 58.5 Å². The summed E-state index contributed by atoms with van der Waals surface area (Å²) in [5.41, 5.74) is 2.00. The van der Waals surface area contributed by atoms with Crippen LogP contribution in [0.3, 0.4) is 0 Å². The predicted molar refractivity (Wildman–Crippen MR) is 83.2 cm³/mol. The fourth-order valence-electron chi connectivity index (χ4n) is 3.27. The van der Waals surface area contributed by atoms with Gasteiger partial charge in [0, 0.05) is 23.2 Å². The Morgan fingerprint density at radius 2 is 1.05 bits per heavy atom. The maximum Gasteiger partial charge on any atom is 0.0977 e. The van der Waals surface area contributed by atoms with E-state index in [1.54, 1.807) is 0 Å². The number of fused-ring (bicyclic) bond motifs is 2. The smallest absolute Gasteiger partial charge is 0.0977 e. The molecule has 0 atom stereocenters. The highest BCUT2D eigenvalue weighted by atomic mass is 14.7. The maximum absolute atomic E-state index is 4.60. The minimum absolute atomic E-state index is 1.00. The van der Waals surface area contributed by atoms with Gasteiger partial charge >= 0.3 is 0 Å². The molecular weight excluding hydrogens is 244 g/mol. The molecule has 0 unspecified atom stereocenters. The first-order valence-electron chi connectivity index (χ1n) is 6.70. The fraction of sp³-hybridized carbons (Fsp3) is 0. The van der Waals surface area contributed by atoms with Crippen molar-refractivity contribution in [1.29, 1.82) is 0 Å². The van der Waals surface area contributed by atoms with Gasteiger partial charge in [-0.2, -0.15) is 0 Å². The Kier molecular flexibility index (Phi) is 1.73.